The second-order valence-electron chi connectivity index (χ2n) is 7.66. The number of benzene rings is 1. The molecule has 154 valence electrons. The Morgan fingerprint density at radius 2 is 2.13 bits per heavy atom. The van der Waals surface area contributed by atoms with Gasteiger partial charge in [0, 0.05) is 37.0 Å². The summed E-state index contributed by atoms with van der Waals surface area (Å²) in [6, 6.07) is 2.93. The smallest absolute Gasteiger partial charge is 0.319 e. The number of aliphatic imine (C=N–C) groups is 1. The largest absolute Gasteiger partial charge is 0.357 e. The van der Waals surface area contributed by atoms with Crippen LogP contribution in [-0.2, 0) is 0 Å². The van der Waals surface area contributed by atoms with Crippen molar-refractivity contribution in [3.63, 3.8) is 0 Å². The Labute approximate surface area is 173 Å². The van der Waals surface area contributed by atoms with E-state index < -0.39 is 5.82 Å². The molecular weight excluding hydrogens is 385 g/mol. The van der Waals surface area contributed by atoms with E-state index in [-0.39, 0.29) is 17.8 Å². The monoisotopic (exact) mass is 407 g/mol. The summed E-state index contributed by atoms with van der Waals surface area (Å²) in [7, 11) is 1.78. The van der Waals surface area contributed by atoms with Crippen LogP contribution >= 0.6 is 0 Å². The molecule has 1 aromatic heterocycles. The highest BCUT2D eigenvalue weighted by Gasteiger charge is 2.31. The summed E-state index contributed by atoms with van der Waals surface area (Å²) in [5.41, 5.74) is 3.45. The van der Waals surface area contributed by atoms with Gasteiger partial charge in [-0.3, -0.25) is 4.99 Å². The van der Waals surface area contributed by atoms with Crippen LogP contribution < -0.4 is 20.9 Å². The minimum absolute atomic E-state index is 0.146. The topological polar surface area (TPSA) is 94.5 Å². The van der Waals surface area contributed by atoms with Crippen LogP contribution in [0.1, 0.15) is 29.5 Å². The Kier molecular flexibility index (Phi) is 4.38. The van der Waals surface area contributed by atoms with Gasteiger partial charge in [-0.1, -0.05) is 0 Å². The molecule has 30 heavy (non-hydrogen) atoms. The lowest BCUT2D eigenvalue weighted by Gasteiger charge is -2.28. The van der Waals surface area contributed by atoms with Crippen LogP contribution in [0.5, 0.6) is 0 Å². The van der Waals surface area contributed by atoms with Crippen LogP contribution in [0.25, 0.3) is 11.6 Å². The predicted molar refractivity (Wildman–Crippen MR) is 115 cm³/mol. The van der Waals surface area contributed by atoms with Crippen molar-refractivity contribution in [3.05, 3.63) is 40.8 Å². The standard InChI is InChI=1S/C21H22FN7O/c1-11-7-16(22)17(27-21(30)26-13-3-4-13)9-14(11)15-8-12-10-25-20(23-2)28-18(12)29-6-5-24-19(15)29/h7-10,13H,3-6H2,1-2H3,(H,23,25,28)(H2,26,27,30). The number of urea groups is 1. The van der Waals surface area contributed by atoms with Gasteiger partial charge in [0.15, 0.2) is 0 Å². The average molecular weight is 407 g/mol. The molecule has 1 aliphatic carbocycles. The van der Waals surface area contributed by atoms with Gasteiger partial charge in [0.1, 0.15) is 17.5 Å². The Bertz CT molecular complexity index is 1110. The maximum absolute atomic E-state index is 14.6. The van der Waals surface area contributed by atoms with Gasteiger partial charge in [-0.05, 0) is 49.1 Å². The second-order valence-corrected chi connectivity index (χ2v) is 7.66. The Balaban J connectivity index is 1.55. The maximum atomic E-state index is 14.6. The van der Waals surface area contributed by atoms with E-state index in [1.165, 1.54) is 6.07 Å². The molecule has 0 bridgehead atoms. The number of rotatable bonds is 4. The molecule has 0 unspecified atom stereocenters. The Hall–Kier alpha value is -3.49. The van der Waals surface area contributed by atoms with Crippen LogP contribution in [0.4, 0.5) is 26.6 Å². The molecule has 3 heterocycles. The van der Waals surface area contributed by atoms with Crippen LogP contribution in [0.3, 0.4) is 0 Å². The molecule has 2 aromatic rings. The molecular formula is C21H22FN7O. The fraction of sp³-hybridized carbons (Fsp3) is 0.333. The lowest BCUT2D eigenvalue weighted by Crippen LogP contribution is -2.33. The van der Waals surface area contributed by atoms with E-state index in [1.54, 1.807) is 19.3 Å². The van der Waals surface area contributed by atoms with Gasteiger partial charge in [-0.15, -0.1) is 0 Å². The minimum atomic E-state index is -0.466. The molecule has 1 aromatic carbocycles. The van der Waals surface area contributed by atoms with E-state index >= 15 is 0 Å². The van der Waals surface area contributed by atoms with Gasteiger partial charge in [-0.2, -0.15) is 4.98 Å². The highest BCUT2D eigenvalue weighted by Crippen LogP contribution is 2.37. The summed E-state index contributed by atoms with van der Waals surface area (Å²) in [5, 5.41) is 8.42. The molecule has 3 aliphatic rings. The number of fused-ring (bicyclic) bond motifs is 3. The number of nitrogens with one attached hydrogen (secondary N) is 3. The number of amidine groups is 1. The molecule has 3 N–H and O–H groups in total. The third kappa shape index (κ3) is 3.26. The zero-order valence-corrected chi connectivity index (χ0v) is 16.8. The number of nitrogens with zero attached hydrogens (tertiary/aromatic N) is 4. The summed E-state index contributed by atoms with van der Waals surface area (Å²) in [5.74, 6) is 1.68. The molecule has 8 nitrogen and oxygen atoms in total. The summed E-state index contributed by atoms with van der Waals surface area (Å²) >= 11 is 0. The highest BCUT2D eigenvalue weighted by atomic mass is 19.1. The highest BCUT2D eigenvalue weighted by molar-refractivity contribution is 6.36. The van der Waals surface area contributed by atoms with Crippen molar-refractivity contribution in [2.45, 2.75) is 25.8 Å². The molecule has 2 amide bonds. The van der Waals surface area contributed by atoms with Gasteiger partial charge in [0.05, 0.1) is 12.2 Å². The first kappa shape index (κ1) is 18.5. The number of hydrogen-bond donors (Lipinski definition) is 3. The van der Waals surface area contributed by atoms with Crippen molar-refractivity contribution in [2.24, 2.45) is 4.99 Å². The summed E-state index contributed by atoms with van der Waals surface area (Å²) < 4.78 is 14.6. The number of anilines is 3. The third-order valence-corrected chi connectivity index (χ3v) is 5.42. The summed E-state index contributed by atoms with van der Waals surface area (Å²) in [4.78, 5) is 27.8. The average Bonchev–Trinajstić information content (AvgIpc) is 3.39. The van der Waals surface area contributed by atoms with Crippen molar-refractivity contribution in [1.82, 2.24) is 15.3 Å². The molecule has 0 saturated heterocycles. The van der Waals surface area contributed by atoms with E-state index in [2.05, 4.69) is 35.8 Å². The van der Waals surface area contributed by atoms with Gasteiger partial charge >= 0.3 is 6.03 Å². The second kappa shape index (κ2) is 7.08. The van der Waals surface area contributed by atoms with E-state index in [0.717, 1.165) is 53.3 Å². The zero-order valence-electron chi connectivity index (χ0n) is 16.8. The van der Waals surface area contributed by atoms with Crippen molar-refractivity contribution in [1.29, 1.82) is 0 Å². The predicted octanol–water partition coefficient (Wildman–Crippen LogP) is 3.02. The number of amides is 2. The van der Waals surface area contributed by atoms with E-state index in [4.69, 9.17) is 0 Å². The van der Waals surface area contributed by atoms with Gasteiger partial charge in [-0.25, -0.2) is 14.2 Å². The number of halogens is 1. The first-order chi connectivity index (χ1) is 14.5. The van der Waals surface area contributed by atoms with E-state index in [9.17, 15) is 9.18 Å². The number of aryl methyl sites for hydroxylation is 1. The summed E-state index contributed by atoms with van der Waals surface area (Å²) in [6.45, 7) is 3.22. The fourth-order valence-corrected chi connectivity index (χ4v) is 3.75. The summed E-state index contributed by atoms with van der Waals surface area (Å²) in [6.07, 6.45) is 5.68. The fourth-order valence-electron chi connectivity index (χ4n) is 3.75. The molecule has 0 radical (unpaired) electrons. The molecule has 2 aliphatic heterocycles. The number of carbonyl (C=O) groups is 1. The molecule has 0 spiro atoms. The van der Waals surface area contributed by atoms with Crippen LogP contribution in [0, 0.1) is 12.7 Å². The lowest BCUT2D eigenvalue weighted by atomic mass is 9.94. The Morgan fingerprint density at radius 1 is 1.30 bits per heavy atom. The third-order valence-electron chi connectivity index (χ3n) is 5.42. The van der Waals surface area contributed by atoms with Crippen LogP contribution in [0.15, 0.2) is 23.3 Å². The normalized spacial score (nSPS) is 17.0. The number of aromatic nitrogens is 2. The molecule has 1 saturated carbocycles. The molecule has 5 rings (SSSR count). The minimum Gasteiger partial charge on any atom is -0.357 e. The van der Waals surface area contributed by atoms with E-state index in [0.29, 0.717) is 12.5 Å². The number of hydrogen-bond acceptors (Lipinski definition) is 6. The Morgan fingerprint density at radius 3 is 2.90 bits per heavy atom. The van der Waals surface area contributed by atoms with Crippen molar-refractivity contribution in [2.75, 3.05) is 35.7 Å². The number of carbonyl (C=O) groups excluding carboxylic acids is 1. The zero-order chi connectivity index (χ0) is 20.8. The van der Waals surface area contributed by atoms with Crippen molar-refractivity contribution < 1.29 is 9.18 Å². The SMILES string of the molecule is CNc1ncc2c(n1)N1CCN=C1C(c1cc(NC(=O)NC3CC3)c(F)cc1C)=C2. The van der Waals surface area contributed by atoms with Gasteiger partial charge in [0.2, 0.25) is 5.95 Å². The van der Waals surface area contributed by atoms with Crippen LogP contribution in [-0.4, -0.2) is 48.0 Å². The quantitative estimate of drug-likeness (QED) is 0.724. The van der Waals surface area contributed by atoms with Crippen molar-refractivity contribution in [3.8, 4) is 0 Å². The van der Waals surface area contributed by atoms with Crippen LogP contribution in [0.2, 0.25) is 0 Å². The molecule has 0 atom stereocenters. The maximum Gasteiger partial charge on any atom is 0.319 e. The van der Waals surface area contributed by atoms with E-state index in [1.807, 2.05) is 13.0 Å². The molecule has 9 heteroatoms. The first-order valence-corrected chi connectivity index (χ1v) is 10.0. The van der Waals surface area contributed by atoms with Crippen molar-refractivity contribution >= 4 is 41.0 Å². The lowest BCUT2D eigenvalue weighted by molar-refractivity contribution is 0.251. The van der Waals surface area contributed by atoms with Gasteiger partial charge < -0.3 is 20.9 Å². The first-order valence-electron chi connectivity index (χ1n) is 10.0. The molecule has 1 fully saturated rings. The van der Waals surface area contributed by atoms with Gasteiger partial charge in [0.25, 0.3) is 0 Å².